The fourth-order valence-corrected chi connectivity index (χ4v) is 4.84. The van der Waals surface area contributed by atoms with Gasteiger partial charge in [-0.3, -0.25) is 14.6 Å². The first-order valence-corrected chi connectivity index (χ1v) is 12.6. The molecular weight excluding hydrogens is 472 g/mol. The number of amides is 3. The molecule has 37 heavy (non-hydrogen) atoms. The SMILES string of the molecule is CCOC(=O)C1=C(CN2CCCN(C(=O)c3ccccc3)CC2)N(C)C(=O)N[C@@H]1c1ccccc1OC. The Bertz CT molecular complexity index is 1170. The fourth-order valence-electron chi connectivity index (χ4n) is 4.84. The van der Waals surface area contributed by atoms with Gasteiger partial charge in [0.05, 0.1) is 25.3 Å². The molecule has 1 saturated heterocycles. The molecule has 9 heteroatoms. The van der Waals surface area contributed by atoms with Gasteiger partial charge < -0.3 is 19.7 Å². The quantitative estimate of drug-likeness (QED) is 0.581. The van der Waals surface area contributed by atoms with Crippen molar-refractivity contribution < 1.29 is 23.9 Å². The number of nitrogens with zero attached hydrogens (tertiary/aromatic N) is 3. The second-order valence-electron chi connectivity index (χ2n) is 9.05. The van der Waals surface area contributed by atoms with Crippen LogP contribution in [0.1, 0.15) is 35.3 Å². The van der Waals surface area contributed by atoms with Gasteiger partial charge in [0, 0.05) is 56.6 Å². The topological polar surface area (TPSA) is 91.4 Å². The minimum absolute atomic E-state index is 0.0132. The highest BCUT2D eigenvalue weighted by Crippen LogP contribution is 2.35. The Balaban J connectivity index is 1.62. The number of rotatable bonds is 7. The third-order valence-corrected chi connectivity index (χ3v) is 6.79. The number of methoxy groups -OCH3 is 1. The van der Waals surface area contributed by atoms with Crippen LogP contribution in [0.3, 0.4) is 0 Å². The van der Waals surface area contributed by atoms with E-state index in [2.05, 4.69) is 10.2 Å². The van der Waals surface area contributed by atoms with E-state index in [0.29, 0.717) is 54.3 Å². The molecule has 2 aliphatic rings. The van der Waals surface area contributed by atoms with Crippen LogP contribution in [0, 0.1) is 0 Å². The van der Waals surface area contributed by atoms with E-state index in [1.807, 2.05) is 53.4 Å². The van der Waals surface area contributed by atoms with Crippen LogP contribution in [0.4, 0.5) is 4.79 Å². The predicted octanol–water partition coefficient (Wildman–Crippen LogP) is 3.06. The Kier molecular flexibility index (Phi) is 8.45. The number of hydrogen-bond donors (Lipinski definition) is 1. The van der Waals surface area contributed by atoms with E-state index >= 15 is 0 Å². The maximum Gasteiger partial charge on any atom is 0.338 e. The molecular formula is C28H34N4O5. The maximum atomic E-state index is 13.3. The van der Waals surface area contributed by atoms with Crippen LogP contribution in [0.25, 0.3) is 0 Å². The summed E-state index contributed by atoms with van der Waals surface area (Å²) in [5, 5.41) is 2.94. The highest BCUT2D eigenvalue weighted by molar-refractivity contribution is 5.95. The van der Waals surface area contributed by atoms with Crippen molar-refractivity contribution in [2.24, 2.45) is 0 Å². The Hall–Kier alpha value is -3.85. The van der Waals surface area contributed by atoms with Crippen molar-refractivity contribution in [2.75, 3.05) is 53.5 Å². The van der Waals surface area contributed by atoms with Crippen molar-refractivity contribution in [2.45, 2.75) is 19.4 Å². The maximum absolute atomic E-state index is 13.3. The van der Waals surface area contributed by atoms with Crippen molar-refractivity contribution in [3.8, 4) is 5.75 Å². The monoisotopic (exact) mass is 506 g/mol. The number of carbonyl (C=O) groups is 3. The first-order chi connectivity index (χ1) is 17.9. The molecule has 2 aromatic carbocycles. The molecule has 0 unspecified atom stereocenters. The third kappa shape index (κ3) is 5.77. The van der Waals surface area contributed by atoms with Gasteiger partial charge in [0.1, 0.15) is 5.75 Å². The lowest BCUT2D eigenvalue weighted by atomic mass is 9.93. The van der Waals surface area contributed by atoms with E-state index in [4.69, 9.17) is 9.47 Å². The molecule has 0 aromatic heterocycles. The number of ether oxygens (including phenoxy) is 2. The minimum atomic E-state index is -0.711. The highest BCUT2D eigenvalue weighted by Gasteiger charge is 2.38. The standard InChI is InChI=1S/C28H34N4O5/c1-4-37-27(34)24-22(30(2)28(35)29-25(24)21-13-8-9-14-23(21)36-3)19-31-15-10-16-32(18-17-31)26(33)20-11-6-5-7-12-20/h5-9,11-14,25H,4,10,15-19H2,1-3H3,(H,29,35)/t25-/m1/s1. The number of likely N-dealkylation sites (N-methyl/N-ethyl adjacent to an activating group) is 1. The molecule has 0 spiro atoms. The summed E-state index contributed by atoms with van der Waals surface area (Å²) in [6, 6.07) is 15.6. The molecule has 0 aliphatic carbocycles. The van der Waals surface area contributed by atoms with Gasteiger partial charge in [-0.2, -0.15) is 0 Å². The molecule has 0 bridgehead atoms. The van der Waals surface area contributed by atoms with E-state index in [1.54, 1.807) is 27.1 Å². The first kappa shape index (κ1) is 26.2. The van der Waals surface area contributed by atoms with Crippen molar-refractivity contribution in [3.05, 3.63) is 77.0 Å². The summed E-state index contributed by atoms with van der Waals surface area (Å²) < 4.78 is 11.0. The van der Waals surface area contributed by atoms with Gasteiger partial charge in [0.2, 0.25) is 0 Å². The summed E-state index contributed by atoms with van der Waals surface area (Å²) in [5.74, 6) is 0.110. The van der Waals surface area contributed by atoms with Crippen LogP contribution in [0.15, 0.2) is 65.9 Å². The predicted molar refractivity (Wildman–Crippen MR) is 139 cm³/mol. The summed E-state index contributed by atoms with van der Waals surface area (Å²) >= 11 is 0. The Morgan fingerprint density at radius 2 is 1.73 bits per heavy atom. The largest absolute Gasteiger partial charge is 0.496 e. The Morgan fingerprint density at radius 1 is 1.00 bits per heavy atom. The van der Waals surface area contributed by atoms with Gasteiger partial charge in [-0.05, 0) is 31.5 Å². The summed E-state index contributed by atoms with van der Waals surface area (Å²) in [4.78, 5) is 44.8. The average molecular weight is 507 g/mol. The van der Waals surface area contributed by atoms with Gasteiger partial charge in [-0.15, -0.1) is 0 Å². The molecule has 1 atom stereocenters. The van der Waals surface area contributed by atoms with Gasteiger partial charge in [-0.25, -0.2) is 9.59 Å². The van der Waals surface area contributed by atoms with Crippen LogP contribution in [-0.4, -0.2) is 86.1 Å². The van der Waals surface area contributed by atoms with Crippen LogP contribution in [0.5, 0.6) is 5.75 Å². The number of urea groups is 1. The van der Waals surface area contributed by atoms with Crippen LogP contribution in [0.2, 0.25) is 0 Å². The molecule has 2 aromatic rings. The van der Waals surface area contributed by atoms with Crippen molar-refractivity contribution in [1.82, 2.24) is 20.0 Å². The molecule has 2 aliphatic heterocycles. The molecule has 0 saturated carbocycles. The molecule has 9 nitrogen and oxygen atoms in total. The van der Waals surface area contributed by atoms with Gasteiger partial charge in [0.25, 0.3) is 5.91 Å². The molecule has 0 radical (unpaired) electrons. The normalized spacial score (nSPS) is 18.8. The second-order valence-corrected chi connectivity index (χ2v) is 9.05. The highest BCUT2D eigenvalue weighted by atomic mass is 16.5. The molecule has 196 valence electrons. The Labute approximate surface area is 217 Å². The Morgan fingerprint density at radius 3 is 2.46 bits per heavy atom. The van der Waals surface area contributed by atoms with E-state index < -0.39 is 12.0 Å². The summed E-state index contributed by atoms with van der Waals surface area (Å²) in [5.41, 5.74) is 2.32. The first-order valence-electron chi connectivity index (χ1n) is 12.6. The number of nitrogens with one attached hydrogen (secondary N) is 1. The van der Waals surface area contributed by atoms with Gasteiger partial charge >= 0.3 is 12.0 Å². The lowest BCUT2D eigenvalue weighted by molar-refractivity contribution is -0.139. The summed E-state index contributed by atoms with van der Waals surface area (Å²) in [7, 11) is 3.22. The van der Waals surface area contributed by atoms with Crippen LogP contribution in [-0.2, 0) is 9.53 Å². The summed E-state index contributed by atoms with van der Waals surface area (Å²) in [6.07, 6.45) is 0.784. The van der Waals surface area contributed by atoms with Crippen LogP contribution >= 0.6 is 0 Å². The van der Waals surface area contributed by atoms with Gasteiger partial charge in [0.15, 0.2) is 0 Å². The molecule has 1 fully saturated rings. The van der Waals surface area contributed by atoms with E-state index in [-0.39, 0.29) is 18.5 Å². The smallest absolute Gasteiger partial charge is 0.338 e. The van der Waals surface area contributed by atoms with E-state index in [0.717, 1.165) is 13.0 Å². The molecule has 1 N–H and O–H groups in total. The minimum Gasteiger partial charge on any atom is -0.496 e. The van der Waals surface area contributed by atoms with E-state index in [9.17, 15) is 14.4 Å². The lowest BCUT2D eigenvalue weighted by Gasteiger charge is -2.37. The number of carbonyl (C=O) groups excluding carboxylic acids is 3. The molecule has 3 amide bonds. The lowest BCUT2D eigenvalue weighted by Crippen LogP contribution is -2.49. The molecule has 2 heterocycles. The second kappa shape index (κ2) is 11.9. The van der Waals surface area contributed by atoms with Crippen molar-refractivity contribution in [1.29, 1.82) is 0 Å². The number of benzene rings is 2. The fraction of sp³-hybridized carbons (Fsp3) is 0.393. The zero-order chi connectivity index (χ0) is 26.4. The van der Waals surface area contributed by atoms with Crippen molar-refractivity contribution >= 4 is 17.9 Å². The number of esters is 1. The third-order valence-electron chi connectivity index (χ3n) is 6.79. The van der Waals surface area contributed by atoms with Gasteiger partial charge in [-0.1, -0.05) is 36.4 Å². The zero-order valence-electron chi connectivity index (χ0n) is 21.6. The average Bonchev–Trinajstić information content (AvgIpc) is 3.16. The number of hydrogen-bond acceptors (Lipinski definition) is 6. The summed E-state index contributed by atoms with van der Waals surface area (Å²) in [6.45, 7) is 4.90. The van der Waals surface area contributed by atoms with Crippen molar-refractivity contribution in [3.63, 3.8) is 0 Å². The zero-order valence-corrected chi connectivity index (χ0v) is 21.6. The van der Waals surface area contributed by atoms with Crippen LogP contribution < -0.4 is 10.1 Å². The number of para-hydroxylation sites is 1. The molecule has 4 rings (SSSR count). The van der Waals surface area contributed by atoms with E-state index in [1.165, 1.54) is 4.90 Å².